The molecule has 0 bridgehead atoms. The van der Waals surface area contributed by atoms with Crippen LogP contribution in [0.2, 0.25) is 0 Å². The molecule has 1 aliphatic heterocycles. The number of amides is 1. The van der Waals surface area contributed by atoms with Gasteiger partial charge in [-0.1, -0.05) is 12.5 Å². The maximum Gasteiger partial charge on any atom is 0.411 e. The molecule has 10 nitrogen and oxygen atoms in total. The molecule has 174 valence electrons. The van der Waals surface area contributed by atoms with Gasteiger partial charge < -0.3 is 15.2 Å². The minimum absolute atomic E-state index is 0.0347. The first-order valence-corrected chi connectivity index (χ1v) is 11.7. The summed E-state index contributed by atoms with van der Waals surface area (Å²) < 4.78 is 7.31. The number of carboxylic acid groups (broad SMARTS) is 1. The fourth-order valence-electron chi connectivity index (χ4n) is 3.87. The highest BCUT2D eigenvalue weighted by Crippen LogP contribution is 2.36. The first-order valence-electron chi connectivity index (χ1n) is 10.7. The molecule has 4 rings (SSSR count). The second-order valence-electron chi connectivity index (χ2n) is 7.76. The Labute approximate surface area is 195 Å². The minimum Gasteiger partial charge on any atom is -0.496 e. The maximum absolute atomic E-state index is 11.3. The van der Waals surface area contributed by atoms with Crippen molar-refractivity contribution in [3.8, 4) is 5.75 Å². The monoisotopic (exact) mass is 469 g/mol. The second kappa shape index (κ2) is 9.75. The number of pyridine rings is 1. The zero-order valence-corrected chi connectivity index (χ0v) is 19.9. The summed E-state index contributed by atoms with van der Waals surface area (Å²) in [7, 11) is 1.65. The van der Waals surface area contributed by atoms with Gasteiger partial charge in [0.25, 0.3) is 0 Å². The van der Waals surface area contributed by atoms with Crippen LogP contribution >= 0.6 is 11.8 Å². The van der Waals surface area contributed by atoms with Crippen molar-refractivity contribution in [1.29, 1.82) is 0 Å². The Morgan fingerprint density at radius 3 is 2.88 bits per heavy atom. The first kappa shape index (κ1) is 23.0. The third kappa shape index (κ3) is 4.79. The molecule has 1 aliphatic rings. The van der Waals surface area contributed by atoms with Gasteiger partial charge in [-0.05, 0) is 39.4 Å². The summed E-state index contributed by atoms with van der Waals surface area (Å²) in [6, 6.07) is 0. The molecule has 1 amide bonds. The van der Waals surface area contributed by atoms with Crippen molar-refractivity contribution in [2.45, 2.75) is 38.8 Å². The van der Waals surface area contributed by atoms with Crippen molar-refractivity contribution >= 4 is 40.9 Å². The molecule has 3 N–H and O–H groups in total. The number of aromatic nitrogens is 5. The number of anilines is 1. The van der Waals surface area contributed by atoms with Crippen LogP contribution in [0, 0.1) is 13.8 Å². The summed E-state index contributed by atoms with van der Waals surface area (Å²) in [6.07, 6.45) is 3.57. The average molecular weight is 470 g/mol. The summed E-state index contributed by atoms with van der Waals surface area (Å²) >= 11 is 1.57. The van der Waals surface area contributed by atoms with Crippen molar-refractivity contribution in [1.82, 2.24) is 30.0 Å². The highest BCUT2D eigenvalue weighted by molar-refractivity contribution is 7.99. The smallest absolute Gasteiger partial charge is 0.411 e. The normalized spacial score (nSPS) is 13.0. The molecule has 33 heavy (non-hydrogen) atoms. The van der Waals surface area contributed by atoms with Gasteiger partial charge >= 0.3 is 6.09 Å². The SMILES string of the molecule is CCNCCC1=Cc2nn(Cc3ncc(C)c(OC)c3C)c3nc(NC(=O)O)nc(c23)SC1. The van der Waals surface area contributed by atoms with Crippen LogP contribution in [-0.4, -0.2) is 61.9 Å². The van der Waals surface area contributed by atoms with Gasteiger partial charge in [0.1, 0.15) is 10.8 Å². The number of nitrogens with zero attached hydrogens (tertiary/aromatic N) is 5. The number of carbonyl (C=O) groups is 1. The van der Waals surface area contributed by atoms with Gasteiger partial charge in [0.15, 0.2) is 5.65 Å². The van der Waals surface area contributed by atoms with E-state index in [-0.39, 0.29) is 5.95 Å². The van der Waals surface area contributed by atoms with Crippen molar-refractivity contribution in [3.63, 3.8) is 0 Å². The maximum atomic E-state index is 11.3. The number of methoxy groups -OCH3 is 1. The quantitative estimate of drug-likeness (QED) is 0.336. The van der Waals surface area contributed by atoms with Crippen LogP contribution in [0.4, 0.5) is 10.7 Å². The Morgan fingerprint density at radius 1 is 1.33 bits per heavy atom. The third-order valence-corrected chi connectivity index (χ3v) is 6.55. The molecule has 3 aromatic rings. The van der Waals surface area contributed by atoms with Crippen LogP contribution < -0.4 is 15.4 Å². The van der Waals surface area contributed by atoms with Gasteiger partial charge in [-0.3, -0.25) is 10.3 Å². The number of hydrogen-bond donors (Lipinski definition) is 3. The lowest BCUT2D eigenvalue weighted by Crippen LogP contribution is -2.15. The number of nitrogens with one attached hydrogen (secondary N) is 2. The molecule has 3 aromatic heterocycles. The zero-order valence-electron chi connectivity index (χ0n) is 19.1. The lowest BCUT2D eigenvalue weighted by atomic mass is 10.1. The molecule has 0 fully saturated rings. The van der Waals surface area contributed by atoms with Crippen molar-refractivity contribution in [3.05, 3.63) is 34.3 Å². The van der Waals surface area contributed by atoms with E-state index >= 15 is 0 Å². The molecule has 11 heteroatoms. The lowest BCUT2D eigenvalue weighted by Gasteiger charge is -2.13. The summed E-state index contributed by atoms with van der Waals surface area (Å²) in [6.45, 7) is 8.17. The number of rotatable bonds is 8. The first-order chi connectivity index (χ1) is 15.9. The summed E-state index contributed by atoms with van der Waals surface area (Å²) in [4.78, 5) is 24.8. The lowest BCUT2D eigenvalue weighted by molar-refractivity contribution is 0.209. The van der Waals surface area contributed by atoms with E-state index in [1.165, 1.54) is 5.57 Å². The minimum atomic E-state index is -1.21. The van der Waals surface area contributed by atoms with Gasteiger partial charge in [0, 0.05) is 23.1 Å². The van der Waals surface area contributed by atoms with Crippen LogP contribution in [0.1, 0.15) is 35.9 Å². The van der Waals surface area contributed by atoms with Gasteiger partial charge in [-0.25, -0.2) is 14.5 Å². The van der Waals surface area contributed by atoms with Crippen LogP contribution in [0.3, 0.4) is 0 Å². The molecule has 0 aliphatic carbocycles. The molecule has 0 atom stereocenters. The number of aryl methyl sites for hydroxylation is 1. The molecule has 0 aromatic carbocycles. The fraction of sp³-hybridized carbons (Fsp3) is 0.409. The van der Waals surface area contributed by atoms with Crippen molar-refractivity contribution < 1.29 is 14.6 Å². The van der Waals surface area contributed by atoms with E-state index in [0.717, 1.165) is 58.9 Å². The van der Waals surface area contributed by atoms with E-state index in [1.54, 1.807) is 29.8 Å². The highest BCUT2D eigenvalue weighted by Gasteiger charge is 2.23. The number of hydrogen-bond acceptors (Lipinski definition) is 8. The molecular formula is C22H27N7O3S. The Kier molecular flexibility index (Phi) is 6.80. The van der Waals surface area contributed by atoms with Crippen LogP contribution in [0.15, 0.2) is 16.8 Å². The Hall–Kier alpha value is -3.18. The molecule has 0 radical (unpaired) electrons. The van der Waals surface area contributed by atoms with Gasteiger partial charge in [-0.2, -0.15) is 10.1 Å². The van der Waals surface area contributed by atoms with E-state index in [2.05, 4.69) is 38.6 Å². The molecule has 0 saturated heterocycles. The largest absolute Gasteiger partial charge is 0.496 e. The number of ether oxygens (including phenoxy) is 1. The van der Waals surface area contributed by atoms with E-state index in [0.29, 0.717) is 17.2 Å². The number of thioether (sulfide) groups is 1. The van der Waals surface area contributed by atoms with Gasteiger partial charge in [-0.15, -0.1) is 11.8 Å². The van der Waals surface area contributed by atoms with Crippen molar-refractivity contribution in [2.24, 2.45) is 0 Å². The zero-order chi connectivity index (χ0) is 23.5. The predicted molar refractivity (Wildman–Crippen MR) is 128 cm³/mol. The second-order valence-corrected chi connectivity index (χ2v) is 8.73. The van der Waals surface area contributed by atoms with Crippen LogP contribution in [0.5, 0.6) is 5.75 Å². The van der Waals surface area contributed by atoms with Gasteiger partial charge in [0.2, 0.25) is 5.95 Å². The molecule has 0 unspecified atom stereocenters. The summed E-state index contributed by atoms with van der Waals surface area (Å²) in [5.74, 6) is 1.59. The predicted octanol–water partition coefficient (Wildman–Crippen LogP) is 3.47. The molecule has 4 heterocycles. The Balaban J connectivity index is 1.81. The van der Waals surface area contributed by atoms with Crippen LogP contribution in [0.25, 0.3) is 17.1 Å². The Morgan fingerprint density at radius 2 is 2.15 bits per heavy atom. The third-order valence-electron chi connectivity index (χ3n) is 5.46. The van der Waals surface area contributed by atoms with E-state index in [9.17, 15) is 9.90 Å². The van der Waals surface area contributed by atoms with Crippen LogP contribution in [-0.2, 0) is 6.54 Å². The fourth-order valence-corrected chi connectivity index (χ4v) is 4.91. The summed E-state index contributed by atoms with van der Waals surface area (Å²) in [5, 5.41) is 21.2. The van der Waals surface area contributed by atoms with Crippen molar-refractivity contribution in [2.75, 3.05) is 31.3 Å². The highest BCUT2D eigenvalue weighted by atomic mass is 32.2. The average Bonchev–Trinajstić information content (AvgIpc) is 3.00. The summed E-state index contributed by atoms with van der Waals surface area (Å²) in [5.41, 5.74) is 5.30. The van der Waals surface area contributed by atoms with E-state index < -0.39 is 6.09 Å². The topological polar surface area (TPSA) is 127 Å². The Bertz CT molecular complexity index is 1240. The van der Waals surface area contributed by atoms with Gasteiger partial charge in [0.05, 0.1) is 30.4 Å². The van der Waals surface area contributed by atoms with E-state index in [1.807, 2.05) is 13.8 Å². The standard InChI is InChI=1S/C22H27N7O3S/c1-5-23-7-6-14-8-15-17-19(25-21(27-22(30)31)26-20(17)33-11-14)29(28-15)10-16-13(3)18(32-4)12(2)9-24-16/h8-9,23H,5-7,10-11H2,1-4H3,(H,30,31)(H,25,26,27). The van der Waals surface area contributed by atoms with E-state index in [4.69, 9.17) is 9.84 Å². The molecule has 0 saturated carbocycles. The molecular weight excluding hydrogens is 442 g/mol. The molecule has 0 spiro atoms.